The monoisotopic (exact) mass is 245 g/mol. The van der Waals surface area contributed by atoms with Gasteiger partial charge in [0, 0.05) is 12.4 Å². The van der Waals surface area contributed by atoms with Crippen molar-refractivity contribution >= 4 is 17.8 Å². The van der Waals surface area contributed by atoms with Crippen molar-refractivity contribution in [1.82, 2.24) is 15.2 Å². The SMILES string of the molecule is O=C1NC(=O)C2(CC2)C(=O)N1Cc1ccncc1. The molecule has 6 nitrogen and oxygen atoms in total. The molecule has 1 aromatic heterocycles. The number of pyridine rings is 1. The van der Waals surface area contributed by atoms with Crippen LogP contribution in [-0.2, 0) is 16.1 Å². The number of urea groups is 1. The van der Waals surface area contributed by atoms with Crippen LogP contribution >= 0.6 is 0 Å². The van der Waals surface area contributed by atoms with Crippen LogP contribution in [0.5, 0.6) is 0 Å². The lowest BCUT2D eigenvalue weighted by Crippen LogP contribution is -2.58. The Morgan fingerprint density at radius 1 is 1.22 bits per heavy atom. The van der Waals surface area contributed by atoms with E-state index in [0.29, 0.717) is 12.8 Å². The summed E-state index contributed by atoms with van der Waals surface area (Å²) in [7, 11) is 0. The van der Waals surface area contributed by atoms with E-state index in [4.69, 9.17) is 0 Å². The molecule has 2 aliphatic rings. The topological polar surface area (TPSA) is 79.4 Å². The van der Waals surface area contributed by atoms with Crippen LogP contribution < -0.4 is 5.32 Å². The molecule has 2 heterocycles. The number of nitrogens with zero attached hydrogens (tertiary/aromatic N) is 2. The summed E-state index contributed by atoms with van der Waals surface area (Å²) in [4.78, 5) is 40.4. The van der Waals surface area contributed by atoms with Crippen LogP contribution in [0, 0.1) is 5.41 Å². The van der Waals surface area contributed by atoms with Crippen LogP contribution in [0.4, 0.5) is 4.79 Å². The van der Waals surface area contributed by atoms with Crippen molar-refractivity contribution in [3.8, 4) is 0 Å². The van der Waals surface area contributed by atoms with Crippen molar-refractivity contribution in [1.29, 1.82) is 0 Å². The highest BCUT2D eigenvalue weighted by atomic mass is 16.2. The van der Waals surface area contributed by atoms with Gasteiger partial charge in [-0.3, -0.25) is 24.8 Å². The van der Waals surface area contributed by atoms with Crippen molar-refractivity contribution < 1.29 is 14.4 Å². The maximum absolute atomic E-state index is 12.2. The Balaban J connectivity index is 1.85. The van der Waals surface area contributed by atoms with Crippen LogP contribution in [0.25, 0.3) is 0 Å². The van der Waals surface area contributed by atoms with Crippen molar-refractivity contribution in [3.63, 3.8) is 0 Å². The standard InChI is InChI=1S/C12H11N3O3/c16-9-12(3-4-12)10(17)15(11(18)14-9)7-8-1-5-13-6-2-8/h1-2,5-6H,3-4,7H2,(H,14,16,18). The Kier molecular flexibility index (Phi) is 2.19. The number of carbonyl (C=O) groups is 3. The smallest absolute Gasteiger partial charge is 0.277 e. The molecule has 92 valence electrons. The summed E-state index contributed by atoms with van der Waals surface area (Å²) in [6.45, 7) is 0.169. The fraction of sp³-hybridized carbons (Fsp3) is 0.333. The average molecular weight is 245 g/mol. The molecule has 1 saturated carbocycles. The van der Waals surface area contributed by atoms with Crippen molar-refractivity contribution in [3.05, 3.63) is 30.1 Å². The van der Waals surface area contributed by atoms with Gasteiger partial charge in [-0.2, -0.15) is 0 Å². The maximum atomic E-state index is 12.2. The van der Waals surface area contributed by atoms with Gasteiger partial charge < -0.3 is 0 Å². The van der Waals surface area contributed by atoms with Gasteiger partial charge >= 0.3 is 6.03 Å². The van der Waals surface area contributed by atoms with E-state index in [2.05, 4.69) is 10.3 Å². The average Bonchev–Trinajstić information content (AvgIpc) is 3.16. The van der Waals surface area contributed by atoms with E-state index in [0.717, 1.165) is 10.5 Å². The number of carbonyl (C=O) groups excluding carboxylic acids is 3. The zero-order valence-corrected chi connectivity index (χ0v) is 9.55. The normalized spacial score (nSPS) is 21.1. The number of aromatic nitrogens is 1. The molecule has 3 rings (SSSR count). The van der Waals surface area contributed by atoms with Gasteiger partial charge in [-0.1, -0.05) is 0 Å². The molecule has 4 amide bonds. The Morgan fingerprint density at radius 3 is 2.50 bits per heavy atom. The third-order valence-electron chi connectivity index (χ3n) is 3.39. The third kappa shape index (κ3) is 1.49. The molecule has 1 saturated heterocycles. The number of amides is 4. The quantitative estimate of drug-likeness (QED) is 0.767. The van der Waals surface area contributed by atoms with Crippen molar-refractivity contribution in [2.24, 2.45) is 5.41 Å². The molecule has 18 heavy (non-hydrogen) atoms. The molecule has 1 aliphatic carbocycles. The van der Waals surface area contributed by atoms with Gasteiger partial charge in [-0.25, -0.2) is 4.79 Å². The van der Waals surface area contributed by atoms with E-state index >= 15 is 0 Å². The van der Waals surface area contributed by atoms with Crippen LogP contribution in [0.15, 0.2) is 24.5 Å². The summed E-state index contributed by atoms with van der Waals surface area (Å²) in [5.41, 5.74) is -0.167. The molecule has 1 aliphatic heterocycles. The van der Waals surface area contributed by atoms with Gasteiger partial charge in [-0.15, -0.1) is 0 Å². The molecule has 2 fully saturated rings. The molecule has 0 aromatic carbocycles. The molecule has 1 spiro atoms. The predicted molar refractivity (Wildman–Crippen MR) is 60.0 cm³/mol. The highest BCUT2D eigenvalue weighted by molar-refractivity contribution is 6.20. The summed E-state index contributed by atoms with van der Waals surface area (Å²) in [6, 6.07) is 2.83. The molecular formula is C12H11N3O3. The second-order valence-corrected chi connectivity index (χ2v) is 4.59. The highest BCUT2D eigenvalue weighted by Gasteiger charge is 2.62. The van der Waals surface area contributed by atoms with E-state index in [1.165, 1.54) is 0 Å². The Bertz CT molecular complexity index is 537. The largest absolute Gasteiger partial charge is 0.331 e. The van der Waals surface area contributed by atoms with Crippen LogP contribution in [0.1, 0.15) is 18.4 Å². The molecule has 0 unspecified atom stereocenters. The molecule has 0 radical (unpaired) electrons. The van der Waals surface area contributed by atoms with E-state index in [1.807, 2.05) is 0 Å². The number of hydrogen-bond donors (Lipinski definition) is 1. The number of hydrogen-bond acceptors (Lipinski definition) is 4. The number of barbiturate groups is 1. The summed E-state index contributed by atoms with van der Waals surface area (Å²) in [5, 5.41) is 2.24. The lowest BCUT2D eigenvalue weighted by molar-refractivity contribution is -0.145. The first-order chi connectivity index (χ1) is 8.63. The van der Waals surface area contributed by atoms with E-state index in [-0.39, 0.29) is 12.5 Å². The minimum absolute atomic E-state index is 0.169. The van der Waals surface area contributed by atoms with E-state index in [9.17, 15) is 14.4 Å². The third-order valence-corrected chi connectivity index (χ3v) is 3.39. The lowest BCUT2D eigenvalue weighted by atomic mass is 10.0. The maximum Gasteiger partial charge on any atom is 0.331 e. The first kappa shape index (κ1) is 10.9. The molecule has 1 aromatic rings. The first-order valence-corrected chi connectivity index (χ1v) is 5.70. The van der Waals surface area contributed by atoms with Gasteiger partial charge in [0.05, 0.1) is 6.54 Å². The van der Waals surface area contributed by atoms with E-state index < -0.39 is 17.4 Å². The van der Waals surface area contributed by atoms with Gasteiger partial charge in [0.25, 0.3) is 0 Å². The fourth-order valence-electron chi connectivity index (χ4n) is 2.11. The number of nitrogens with one attached hydrogen (secondary N) is 1. The summed E-state index contributed by atoms with van der Waals surface area (Å²) in [6.07, 6.45) is 4.25. The Morgan fingerprint density at radius 2 is 1.89 bits per heavy atom. The van der Waals surface area contributed by atoms with Gasteiger partial charge in [0.1, 0.15) is 5.41 Å². The predicted octanol–water partition coefficient (Wildman–Crippen LogP) is 0.440. The summed E-state index contributed by atoms with van der Waals surface area (Å²) in [5.74, 6) is -0.837. The highest BCUT2D eigenvalue weighted by Crippen LogP contribution is 2.49. The van der Waals surface area contributed by atoms with Crippen LogP contribution in [0.3, 0.4) is 0 Å². The van der Waals surface area contributed by atoms with Gasteiger partial charge in [0.2, 0.25) is 11.8 Å². The fourth-order valence-corrected chi connectivity index (χ4v) is 2.11. The molecule has 0 bridgehead atoms. The molecule has 0 atom stereocenters. The zero-order valence-electron chi connectivity index (χ0n) is 9.55. The Hall–Kier alpha value is -2.24. The number of imide groups is 2. The second kappa shape index (κ2) is 3.63. The van der Waals surface area contributed by atoms with Gasteiger partial charge in [-0.05, 0) is 30.5 Å². The minimum atomic E-state index is -0.971. The first-order valence-electron chi connectivity index (χ1n) is 5.70. The molecule has 6 heteroatoms. The second-order valence-electron chi connectivity index (χ2n) is 4.59. The minimum Gasteiger partial charge on any atom is -0.277 e. The van der Waals surface area contributed by atoms with Crippen molar-refractivity contribution in [2.75, 3.05) is 0 Å². The molecule has 1 N–H and O–H groups in total. The lowest BCUT2D eigenvalue weighted by Gasteiger charge is -2.30. The summed E-state index contributed by atoms with van der Waals surface area (Å²) < 4.78 is 0. The molecular weight excluding hydrogens is 234 g/mol. The van der Waals surface area contributed by atoms with Gasteiger partial charge in [0.15, 0.2) is 0 Å². The Labute approximate surface area is 103 Å². The number of rotatable bonds is 2. The van der Waals surface area contributed by atoms with Crippen LogP contribution in [-0.4, -0.2) is 27.7 Å². The van der Waals surface area contributed by atoms with Crippen LogP contribution in [0.2, 0.25) is 0 Å². The van der Waals surface area contributed by atoms with E-state index in [1.54, 1.807) is 24.5 Å². The summed E-state index contributed by atoms with van der Waals surface area (Å²) >= 11 is 0. The van der Waals surface area contributed by atoms with Crippen molar-refractivity contribution in [2.45, 2.75) is 19.4 Å². The zero-order chi connectivity index (χ0) is 12.8.